The Morgan fingerprint density at radius 1 is 1.46 bits per heavy atom. The SMILES string of the molecule is CNc1nc2c(C)cccn2c(=O)c1/C=C1\SC(=S)N(C[C@H]2CCCO2)C1=O. The van der Waals surface area contributed by atoms with Gasteiger partial charge in [0.15, 0.2) is 0 Å². The minimum atomic E-state index is -0.234. The Labute approximate surface area is 171 Å². The molecule has 0 aliphatic carbocycles. The third-order valence-electron chi connectivity index (χ3n) is 4.88. The van der Waals surface area contributed by atoms with E-state index in [2.05, 4.69) is 10.3 Å². The van der Waals surface area contributed by atoms with Crippen molar-refractivity contribution in [3.8, 4) is 0 Å². The zero-order chi connectivity index (χ0) is 19.8. The topological polar surface area (TPSA) is 75.9 Å². The number of nitrogens with one attached hydrogen (secondary N) is 1. The molecule has 0 bridgehead atoms. The van der Waals surface area contributed by atoms with E-state index in [1.807, 2.05) is 13.0 Å². The minimum Gasteiger partial charge on any atom is -0.376 e. The molecule has 4 heterocycles. The first-order chi connectivity index (χ1) is 13.5. The highest BCUT2D eigenvalue weighted by molar-refractivity contribution is 8.26. The summed E-state index contributed by atoms with van der Waals surface area (Å²) in [6.45, 7) is 3.08. The summed E-state index contributed by atoms with van der Waals surface area (Å²) >= 11 is 6.60. The molecular formula is C19H20N4O3S2. The number of thiocarbonyl (C=S) groups is 1. The molecule has 0 aromatic carbocycles. The molecule has 9 heteroatoms. The van der Waals surface area contributed by atoms with E-state index in [4.69, 9.17) is 17.0 Å². The van der Waals surface area contributed by atoms with Crippen LogP contribution in [0.25, 0.3) is 11.7 Å². The number of ether oxygens (including phenoxy) is 1. The number of pyridine rings is 1. The van der Waals surface area contributed by atoms with Gasteiger partial charge in [0, 0.05) is 19.9 Å². The zero-order valence-corrected chi connectivity index (χ0v) is 17.2. The molecule has 7 nitrogen and oxygen atoms in total. The minimum absolute atomic E-state index is 0.0191. The van der Waals surface area contributed by atoms with Crippen molar-refractivity contribution in [2.45, 2.75) is 25.9 Å². The summed E-state index contributed by atoms with van der Waals surface area (Å²) in [6.07, 6.45) is 5.21. The standard InChI is InChI=1S/C19H20N4O3S2/c1-11-5-3-7-22-16(11)21-15(20-2)13(17(22)24)9-14-18(25)23(19(27)28-14)10-12-6-4-8-26-12/h3,5,7,9,12,20H,4,6,8,10H2,1-2H3/b14-9-/t12-/m1/s1. The van der Waals surface area contributed by atoms with Crippen LogP contribution in [0, 0.1) is 6.92 Å². The van der Waals surface area contributed by atoms with Crippen molar-refractivity contribution in [3.05, 3.63) is 44.7 Å². The van der Waals surface area contributed by atoms with E-state index < -0.39 is 0 Å². The van der Waals surface area contributed by atoms with Gasteiger partial charge in [-0.3, -0.25) is 18.9 Å². The van der Waals surface area contributed by atoms with Gasteiger partial charge in [0.05, 0.1) is 23.1 Å². The highest BCUT2D eigenvalue weighted by Gasteiger charge is 2.35. The molecule has 0 spiro atoms. The normalized spacial score (nSPS) is 21.3. The van der Waals surface area contributed by atoms with Gasteiger partial charge >= 0.3 is 0 Å². The molecule has 2 aromatic heterocycles. The van der Waals surface area contributed by atoms with Crippen LogP contribution in [0.15, 0.2) is 28.0 Å². The first-order valence-electron chi connectivity index (χ1n) is 9.06. The second-order valence-electron chi connectivity index (χ2n) is 6.74. The molecule has 1 atom stereocenters. The molecule has 4 rings (SSSR count). The number of carbonyl (C=O) groups is 1. The van der Waals surface area contributed by atoms with Crippen LogP contribution in [0.4, 0.5) is 5.82 Å². The number of nitrogens with zero attached hydrogens (tertiary/aromatic N) is 3. The molecule has 2 aliphatic heterocycles. The molecule has 0 saturated carbocycles. The van der Waals surface area contributed by atoms with Gasteiger partial charge in [0.1, 0.15) is 15.8 Å². The number of carbonyl (C=O) groups excluding carboxylic acids is 1. The number of amides is 1. The van der Waals surface area contributed by atoms with Crippen molar-refractivity contribution in [2.75, 3.05) is 25.5 Å². The highest BCUT2D eigenvalue weighted by Crippen LogP contribution is 2.34. The van der Waals surface area contributed by atoms with Gasteiger partial charge in [0.2, 0.25) is 0 Å². The first-order valence-corrected chi connectivity index (χ1v) is 10.3. The summed E-state index contributed by atoms with van der Waals surface area (Å²) in [5, 5.41) is 2.97. The van der Waals surface area contributed by atoms with Gasteiger partial charge in [-0.05, 0) is 37.5 Å². The monoisotopic (exact) mass is 416 g/mol. The molecule has 1 amide bonds. The third kappa shape index (κ3) is 3.34. The van der Waals surface area contributed by atoms with Crippen LogP contribution >= 0.6 is 24.0 Å². The quantitative estimate of drug-likeness (QED) is 0.606. The van der Waals surface area contributed by atoms with E-state index >= 15 is 0 Å². The summed E-state index contributed by atoms with van der Waals surface area (Å²) in [5.74, 6) is 0.241. The lowest BCUT2D eigenvalue weighted by Crippen LogP contribution is -2.35. The Morgan fingerprint density at radius 2 is 2.29 bits per heavy atom. The van der Waals surface area contributed by atoms with Gasteiger partial charge in [-0.1, -0.05) is 30.0 Å². The fourth-order valence-corrected chi connectivity index (χ4v) is 4.67. The van der Waals surface area contributed by atoms with Crippen LogP contribution in [0.3, 0.4) is 0 Å². The smallest absolute Gasteiger partial charge is 0.267 e. The average Bonchev–Trinajstić information content (AvgIpc) is 3.28. The van der Waals surface area contributed by atoms with Crippen molar-refractivity contribution in [3.63, 3.8) is 0 Å². The van der Waals surface area contributed by atoms with Crippen LogP contribution in [0.5, 0.6) is 0 Å². The van der Waals surface area contributed by atoms with Crippen molar-refractivity contribution in [1.29, 1.82) is 0 Å². The fourth-order valence-electron chi connectivity index (χ4n) is 3.41. The second-order valence-corrected chi connectivity index (χ2v) is 8.42. The Hall–Kier alpha value is -2.23. The molecule has 0 radical (unpaired) electrons. The molecule has 2 aliphatic rings. The summed E-state index contributed by atoms with van der Waals surface area (Å²) in [7, 11) is 1.70. The summed E-state index contributed by atoms with van der Waals surface area (Å²) in [5.41, 5.74) is 1.58. The Morgan fingerprint density at radius 3 is 3.00 bits per heavy atom. The number of aromatic nitrogens is 2. The van der Waals surface area contributed by atoms with Gasteiger partial charge in [-0.25, -0.2) is 4.98 Å². The van der Waals surface area contributed by atoms with Crippen molar-refractivity contribution in [1.82, 2.24) is 14.3 Å². The Bertz CT molecular complexity index is 1060. The first kappa shape index (κ1) is 19.1. The van der Waals surface area contributed by atoms with E-state index in [0.717, 1.165) is 25.0 Å². The third-order valence-corrected chi connectivity index (χ3v) is 6.26. The molecule has 2 saturated heterocycles. The molecular weight excluding hydrogens is 396 g/mol. The van der Waals surface area contributed by atoms with Crippen molar-refractivity contribution in [2.24, 2.45) is 0 Å². The zero-order valence-electron chi connectivity index (χ0n) is 15.6. The number of hydrogen-bond acceptors (Lipinski definition) is 7. The maximum absolute atomic E-state index is 13.0. The number of anilines is 1. The average molecular weight is 417 g/mol. The molecule has 28 heavy (non-hydrogen) atoms. The fraction of sp³-hybridized carbons (Fsp3) is 0.368. The van der Waals surface area contributed by atoms with E-state index in [0.29, 0.717) is 32.8 Å². The van der Waals surface area contributed by atoms with E-state index in [1.165, 1.54) is 16.2 Å². The van der Waals surface area contributed by atoms with Crippen LogP contribution in [-0.2, 0) is 9.53 Å². The largest absolute Gasteiger partial charge is 0.376 e. The summed E-state index contributed by atoms with van der Waals surface area (Å²) < 4.78 is 7.61. The number of hydrogen-bond donors (Lipinski definition) is 1. The maximum atomic E-state index is 13.0. The van der Waals surface area contributed by atoms with Crippen LogP contribution < -0.4 is 10.9 Å². The maximum Gasteiger partial charge on any atom is 0.267 e. The summed E-state index contributed by atoms with van der Waals surface area (Å²) in [4.78, 5) is 32.5. The van der Waals surface area contributed by atoms with E-state index in [9.17, 15) is 9.59 Å². The van der Waals surface area contributed by atoms with Crippen LogP contribution in [0.2, 0.25) is 0 Å². The lowest BCUT2D eigenvalue weighted by molar-refractivity contribution is -0.123. The number of thioether (sulfide) groups is 1. The van der Waals surface area contributed by atoms with Gasteiger partial charge in [-0.2, -0.15) is 0 Å². The summed E-state index contributed by atoms with van der Waals surface area (Å²) in [6, 6.07) is 3.70. The molecule has 1 N–H and O–H groups in total. The number of aryl methyl sites for hydroxylation is 1. The lowest BCUT2D eigenvalue weighted by atomic mass is 10.2. The van der Waals surface area contributed by atoms with Gasteiger partial charge in [-0.15, -0.1) is 0 Å². The van der Waals surface area contributed by atoms with Gasteiger partial charge in [0.25, 0.3) is 11.5 Å². The van der Waals surface area contributed by atoms with E-state index in [-0.39, 0.29) is 17.6 Å². The molecule has 146 valence electrons. The van der Waals surface area contributed by atoms with Crippen molar-refractivity contribution < 1.29 is 9.53 Å². The highest BCUT2D eigenvalue weighted by atomic mass is 32.2. The van der Waals surface area contributed by atoms with Crippen LogP contribution in [0.1, 0.15) is 24.0 Å². The second kappa shape index (κ2) is 7.65. The lowest BCUT2D eigenvalue weighted by Gasteiger charge is -2.18. The van der Waals surface area contributed by atoms with Crippen molar-refractivity contribution >= 4 is 51.7 Å². The van der Waals surface area contributed by atoms with E-state index in [1.54, 1.807) is 30.3 Å². The number of rotatable bonds is 4. The molecule has 0 unspecified atom stereocenters. The molecule has 2 aromatic rings. The Balaban J connectivity index is 1.73. The number of fused-ring (bicyclic) bond motifs is 1. The van der Waals surface area contributed by atoms with Gasteiger partial charge < -0.3 is 10.1 Å². The predicted molar refractivity (Wildman–Crippen MR) is 115 cm³/mol. The molecule has 2 fully saturated rings. The predicted octanol–water partition coefficient (Wildman–Crippen LogP) is 2.42. The van der Waals surface area contributed by atoms with Crippen LogP contribution in [-0.4, -0.2) is 50.8 Å². The Kier molecular flexibility index (Phi) is 5.22.